The second-order valence-corrected chi connectivity index (χ2v) is 6.97. The maximum Gasteiger partial charge on any atom is 0.154 e. The van der Waals surface area contributed by atoms with Crippen LogP contribution in [0.3, 0.4) is 0 Å². The number of hydrogen-bond acceptors (Lipinski definition) is 4. The summed E-state index contributed by atoms with van der Waals surface area (Å²) >= 11 is 0. The van der Waals surface area contributed by atoms with E-state index in [2.05, 4.69) is 41.8 Å². The summed E-state index contributed by atoms with van der Waals surface area (Å²) in [5.74, 6) is 1.45. The van der Waals surface area contributed by atoms with E-state index >= 15 is 0 Å². The van der Waals surface area contributed by atoms with Gasteiger partial charge in [-0.15, -0.1) is 0 Å². The van der Waals surface area contributed by atoms with Crippen LogP contribution in [0.25, 0.3) is 5.52 Å². The number of fused-ring (bicyclic) bond motifs is 1. The van der Waals surface area contributed by atoms with Crippen LogP contribution < -0.4 is 4.90 Å². The summed E-state index contributed by atoms with van der Waals surface area (Å²) in [4.78, 5) is 6.89. The van der Waals surface area contributed by atoms with E-state index in [1.165, 1.54) is 0 Å². The van der Waals surface area contributed by atoms with Gasteiger partial charge in [0, 0.05) is 37.5 Å². The van der Waals surface area contributed by atoms with Crippen LogP contribution in [0.5, 0.6) is 0 Å². The van der Waals surface area contributed by atoms with Gasteiger partial charge in [-0.3, -0.25) is 0 Å². The van der Waals surface area contributed by atoms with Crippen molar-refractivity contribution in [1.29, 1.82) is 0 Å². The van der Waals surface area contributed by atoms with Crippen molar-refractivity contribution < 1.29 is 5.11 Å². The number of anilines is 1. The minimum Gasteiger partial charge on any atom is -0.396 e. The number of aliphatic hydroxyl groups excluding tert-OH is 1. The van der Waals surface area contributed by atoms with E-state index in [-0.39, 0.29) is 5.41 Å². The number of aliphatic hydroxyl groups is 1. The number of piperidine rings is 1. The fraction of sp³-hybridized carbons (Fsp3) is 0.625. The third-order valence-electron chi connectivity index (χ3n) is 4.31. The van der Waals surface area contributed by atoms with E-state index in [4.69, 9.17) is 0 Å². The third kappa shape index (κ3) is 2.75. The summed E-state index contributed by atoms with van der Waals surface area (Å²) in [7, 11) is 0. The molecule has 0 spiro atoms. The van der Waals surface area contributed by atoms with E-state index < -0.39 is 0 Å². The molecule has 1 saturated heterocycles. The molecule has 5 heteroatoms. The molecule has 0 bridgehead atoms. The summed E-state index contributed by atoms with van der Waals surface area (Å²) in [6, 6.07) is 2.15. The van der Waals surface area contributed by atoms with Crippen molar-refractivity contribution in [1.82, 2.24) is 14.6 Å². The molecule has 1 aliphatic heterocycles. The molecule has 21 heavy (non-hydrogen) atoms. The van der Waals surface area contributed by atoms with Gasteiger partial charge in [-0.1, -0.05) is 20.8 Å². The fourth-order valence-electron chi connectivity index (χ4n) is 2.85. The van der Waals surface area contributed by atoms with Crippen LogP contribution in [0.2, 0.25) is 0 Å². The first-order chi connectivity index (χ1) is 9.99. The van der Waals surface area contributed by atoms with Crippen molar-refractivity contribution in [2.75, 3.05) is 24.6 Å². The molecule has 1 aliphatic rings. The van der Waals surface area contributed by atoms with Crippen LogP contribution in [0.4, 0.5) is 5.82 Å². The van der Waals surface area contributed by atoms with Crippen molar-refractivity contribution >= 4 is 11.3 Å². The summed E-state index contributed by atoms with van der Waals surface area (Å²) < 4.78 is 1.93. The van der Waals surface area contributed by atoms with Gasteiger partial charge < -0.3 is 10.0 Å². The molecule has 1 fully saturated rings. The van der Waals surface area contributed by atoms with Crippen molar-refractivity contribution in [2.45, 2.75) is 39.0 Å². The first-order valence-corrected chi connectivity index (χ1v) is 7.69. The molecular weight excluding hydrogens is 264 g/mol. The lowest BCUT2D eigenvalue weighted by molar-refractivity contribution is 0.203. The molecule has 0 aromatic carbocycles. The average Bonchev–Trinajstić information content (AvgIpc) is 2.91. The number of nitrogens with zero attached hydrogens (tertiary/aromatic N) is 4. The molecule has 114 valence electrons. The standard InChI is InChI=1S/C16H24N4O/c1-16(2,3)14-10-13-15(17-6-9-20(13)18-14)19-7-4-12(11-21)5-8-19/h6,9-10,12,21H,4-5,7-8,11H2,1-3H3. The maximum atomic E-state index is 9.26. The van der Waals surface area contributed by atoms with Gasteiger partial charge in [0.1, 0.15) is 5.52 Å². The Morgan fingerprint density at radius 1 is 1.29 bits per heavy atom. The second kappa shape index (κ2) is 5.30. The third-order valence-corrected chi connectivity index (χ3v) is 4.31. The predicted molar refractivity (Wildman–Crippen MR) is 83.7 cm³/mol. The van der Waals surface area contributed by atoms with Crippen LogP contribution in [0.15, 0.2) is 18.5 Å². The molecule has 1 N–H and O–H groups in total. The van der Waals surface area contributed by atoms with E-state index in [0.717, 1.165) is 43.0 Å². The lowest BCUT2D eigenvalue weighted by atomic mass is 9.92. The highest BCUT2D eigenvalue weighted by atomic mass is 16.3. The summed E-state index contributed by atoms with van der Waals surface area (Å²) in [6.45, 7) is 8.73. The Bertz CT molecular complexity index is 621. The van der Waals surface area contributed by atoms with Crippen molar-refractivity contribution in [2.24, 2.45) is 5.92 Å². The molecule has 0 atom stereocenters. The molecule has 0 amide bonds. The summed E-state index contributed by atoms with van der Waals surface area (Å²) in [5, 5.41) is 13.9. The van der Waals surface area contributed by atoms with Gasteiger partial charge in [0.15, 0.2) is 5.82 Å². The quantitative estimate of drug-likeness (QED) is 0.921. The second-order valence-electron chi connectivity index (χ2n) is 6.97. The molecule has 0 aliphatic carbocycles. The van der Waals surface area contributed by atoms with Gasteiger partial charge in [0.2, 0.25) is 0 Å². The Balaban J connectivity index is 1.94. The normalized spacial score (nSPS) is 17.6. The predicted octanol–water partition coefficient (Wildman–Crippen LogP) is 2.24. The van der Waals surface area contributed by atoms with Gasteiger partial charge in [-0.05, 0) is 24.8 Å². The van der Waals surface area contributed by atoms with E-state index in [1.807, 2.05) is 16.9 Å². The number of aromatic nitrogens is 3. The zero-order chi connectivity index (χ0) is 15.0. The molecule has 0 saturated carbocycles. The lowest BCUT2D eigenvalue weighted by Crippen LogP contribution is -2.35. The molecule has 0 radical (unpaired) electrons. The summed E-state index contributed by atoms with van der Waals surface area (Å²) in [6.07, 6.45) is 5.79. The Labute approximate surface area is 125 Å². The first kappa shape index (κ1) is 14.3. The largest absolute Gasteiger partial charge is 0.396 e. The highest BCUT2D eigenvalue weighted by molar-refractivity contribution is 5.69. The van der Waals surface area contributed by atoms with Gasteiger partial charge in [-0.2, -0.15) is 5.10 Å². The Morgan fingerprint density at radius 2 is 2.00 bits per heavy atom. The van der Waals surface area contributed by atoms with Gasteiger partial charge in [0.05, 0.1) is 5.69 Å². The van der Waals surface area contributed by atoms with E-state index in [1.54, 1.807) is 0 Å². The number of rotatable bonds is 2. The van der Waals surface area contributed by atoms with E-state index in [0.29, 0.717) is 12.5 Å². The molecule has 3 heterocycles. The van der Waals surface area contributed by atoms with Crippen LogP contribution in [0, 0.1) is 5.92 Å². The SMILES string of the molecule is CC(C)(C)c1cc2c(N3CCC(CO)CC3)nccn2n1. The van der Waals surface area contributed by atoms with Crippen molar-refractivity contribution in [3.05, 3.63) is 24.2 Å². The van der Waals surface area contributed by atoms with E-state index in [9.17, 15) is 5.11 Å². The first-order valence-electron chi connectivity index (χ1n) is 7.69. The molecular formula is C16H24N4O. The Hall–Kier alpha value is -1.62. The zero-order valence-corrected chi connectivity index (χ0v) is 13.1. The van der Waals surface area contributed by atoms with Crippen molar-refractivity contribution in [3.63, 3.8) is 0 Å². The smallest absolute Gasteiger partial charge is 0.154 e. The topological polar surface area (TPSA) is 53.7 Å². The monoisotopic (exact) mass is 288 g/mol. The Morgan fingerprint density at radius 3 is 2.62 bits per heavy atom. The molecule has 0 unspecified atom stereocenters. The fourth-order valence-corrected chi connectivity index (χ4v) is 2.85. The minimum atomic E-state index is 0.0349. The lowest BCUT2D eigenvalue weighted by Gasteiger charge is -2.32. The van der Waals surface area contributed by atoms with Crippen LogP contribution in [0.1, 0.15) is 39.3 Å². The molecule has 5 nitrogen and oxygen atoms in total. The Kier molecular flexibility index (Phi) is 3.61. The molecule has 3 rings (SSSR count). The maximum absolute atomic E-state index is 9.26. The highest BCUT2D eigenvalue weighted by Crippen LogP contribution is 2.28. The highest BCUT2D eigenvalue weighted by Gasteiger charge is 2.23. The van der Waals surface area contributed by atoms with Crippen LogP contribution in [-0.4, -0.2) is 39.4 Å². The minimum absolute atomic E-state index is 0.0349. The summed E-state index contributed by atoms with van der Waals surface area (Å²) in [5.41, 5.74) is 2.19. The van der Waals surface area contributed by atoms with Crippen molar-refractivity contribution in [3.8, 4) is 0 Å². The van der Waals surface area contributed by atoms with Gasteiger partial charge in [-0.25, -0.2) is 9.50 Å². The number of hydrogen-bond donors (Lipinski definition) is 1. The van der Waals surface area contributed by atoms with Crippen LogP contribution >= 0.6 is 0 Å². The van der Waals surface area contributed by atoms with Gasteiger partial charge in [0.25, 0.3) is 0 Å². The molecule has 2 aromatic rings. The molecule has 2 aromatic heterocycles. The van der Waals surface area contributed by atoms with Gasteiger partial charge >= 0.3 is 0 Å². The van der Waals surface area contributed by atoms with Crippen LogP contribution in [-0.2, 0) is 5.41 Å². The zero-order valence-electron chi connectivity index (χ0n) is 13.1. The average molecular weight is 288 g/mol.